The van der Waals surface area contributed by atoms with Gasteiger partial charge in [0.15, 0.2) is 0 Å². The maximum absolute atomic E-state index is 3.57. The molecule has 0 saturated carbocycles. The van der Waals surface area contributed by atoms with Gasteiger partial charge in [0.05, 0.1) is 11.0 Å². The van der Waals surface area contributed by atoms with Gasteiger partial charge in [0.2, 0.25) is 0 Å². The number of hydrogen-bond donors (Lipinski definition) is 0. The van der Waals surface area contributed by atoms with Crippen molar-refractivity contribution in [3.05, 3.63) is 189 Å². The topological polar surface area (TPSA) is 4.93 Å². The van der Waals surface area contributed by atoms with E-state index in [1.807, 2.05) is 46.9 Å². The molecule has 7 aromatic carbocycles. The Morgan fingerprint density at radius 2 is 1.22 bits per heavy atom. The number of allylic oxidation sites excluding steroid dienone is 1. The Labute approximate surface area is 339 Å². The summed E-state index contributed by atoms with van der Waals surface area (Å²) in [6.07, 6.45) is 6.93. The van der Waals surface area contributed by atoms with E-state index in [1.165, 1.54) is 96.0 Å². The number of thiophene rings is 2. The third-order valence-electron chi connectivity index (χ3n) is 10.6. The highest BCUT2D eigenvalue weighted by molar-refractivity contribution is 9.10. The molecule has 1 nitrogen and oxygen atoms in total. The van der Waals surface area contributed by atoms with E-state index in [1.54, 1.807) is 0 Å². The minimum atomic E-state index is 1.15. The van der Waals surface area contributed by atoms with E-state index >= 15 is 0 Å². The molecule has 55 heavy (non-hydrogen) atoms. The van der Waals surface area contributed by atoms with Crippen LogP contribution in [0.4, 0.5) is 0 Å². The monoisotopic (exact) mass is 809 g/mol. The van der Waals surface area contributed by atoms with Crippen LogP contribution in [0.3, 0.4) is 0 Å². The van der Waals surface area contributed by atoms with Crippen molar-refractivity contribution in [3.63, 3.8) is 0 Å². The maximum atomic E-state index is 3.57. The Morgan fingerprint density at radius 1 is 0.509 bits per heavy atom. The lowest BCUT2D eigenvalue weighted by atomic mass is 10.0. The lowest BCUT2D eigenvalue weighted by Gasteiger charge is -2.09. The summed E-state index contributed by atoms with van der Waals surface area (Å²) in [4.78, 5) is 1.43. The average molecular weight is 811 g/mol. The number of hydrogen-bond acceptors (Lipinski definition) is 2. The van der Waals surface area contributed by atoms with E-state index < -0.39 is 0 Å². The molecule has 0 saturated heterocycles. The molecular weight excluding hydrogens is 771 g/mol. The second kappa shape index (κ2) is 15.1. The molecule has 3 heterocycles. The molecule has 268 valence electrons. The average Bonchev–Trinajstić information content (AvgIpc) is 3.86. The van der Waals surface area contributed by atoms with Gasteiger partial charge in [-0.25, -0.2) is 0 Å². The molecule has 0 fully saturated rings. The van der Waals surface area contributed by atoms with Crippen molar-refractivity contribution >= 4 is 96.7 Å². The van der Waals surface area contributed by atoms with E-state index in [0.717, 1.165) is 17.3 Å². The van der Waals surface area contributed by atoms with Crippen LogP contribution in [0.5, 0.6) is 0 Å². The summed E-state index contributed by atoms with van der Waals surface area (Å²) in [6, 6.07) is 54.6. The van der Waals surface area contributed by atoms with Crippen LogP contribution in [-0.4, -0.2) is 4.57 Å². The van der Waals surface area contributed by atoms with Crippen molar-refractivity contribution < 1.29 is 0 Å². The molecule has 1 aliphatic carbocycles. The smallest absolute Gasteiger partial charge is 0.0555 e. The third kappa shape index (κ3) is 6.84. The molecular formula is C51H40BrNS2. The van der Waals surface area contributed by atoms with Gasteiger partial charge < -0.3 is 4.57 Å². The van der Waals surface area contributed by atoms with Crippen molar-refractivity contribution in [1.82, 2.24) is 4.57 Å². The van der Waals surface area contributed by atoms with Gasteiger partial charge in [0, 0.05) is 50.7 Å². The van der Waals surface area contributed by atoms with Crippen LogP contribution in [0, 0.1) is 20.8 Å². The molecule has 3 aromatic heterocycles. The largest absolute Gasteiger partial charge is 0.309 e. The van der Waals surface area contributed by atoms with Gasteiger partial charge in [-0.1, -0.05) is 137 Å². The zero-order chi connectivity index (χ0) is 37.5. The summed E-state index contributed by atoms with van der Waals surface area (Å²) >= 11 is 7.40. The molecule has 0 unspecified atom stereocenters. The SMILES string of the molecule is Cc1ccc2c3cc4c(cc3n(-c3ccc5c6c(sc5c3)C=CCC6)c2c1)sc1ccccc14.Cc1ccccc1.Cc1ccccc1-c1ccccc1Br. The molecule has 0 N–H and O–H groups in total. The quantitative estimate of drug-likeness (QED) is 0.164. The summed E-state index contributed by atoms with van der Waals surface area (Å²) in [5.41, 5.74) is 11.8. The van der Waals surface area contributed by atoms with Crippen molar-refractivity contribution in [1.29, 1.82) is 0 Å². The van der Waals surface area contributed by atoms with E-state index in [9.17, 15) is 0 Å². The van der Waals surface area contributed by atoms with Crippen LogP contribution < -0.4 is 0 Å². The molecule has 4 heteroatoms. The summed E-state index contributed by atoms with van der Waals surface area (Å²) in [5.74, 6) is 0. The molecule has 0 spiro atoms. The Bertz CT molecular complexity index is 2990. The van der Waals surface area contributed by atoms with Crippen molar-refractivity contribution in [2.24, 2.45) is 0 Å². The summed E-state index contributed by atoms with van der Waals surface area (Å²) in [6.45, 7) is 6.41. The number of fused-ring (bicyclic) bond motifs is 9. The Hall–Kier alpha value is -5.26. The molecule has 0 bridgehead atoms. The first kappa shape index (κ1) is 35.4. The van der Waals surface area contributed by atoms with Gasteiger partial charge in [-0.3, -0.25) is 0 Å². The van der Waals surface area contributed by atoms with Gasteiger partial charge in [-0.15, -0.1) is 22.7 Å². The third-order valence-corrected chi connectivity index (χ3v) is 13.6. The molecule has 10 aromatic rings. The molecule has 0 atom stereocenters. The van der Waals surface area contributed by atoms with E-state index in [4.69, 9.17) is 0 Å². The predicted octanol–water partition coefficient (Wildman–Crippen LogP) is 16.1. The van der Waals surface area contributed by atoms with Crippen LogP contribution in [0.1, 0.15) is 33.6 Å². The van der Waals surface area contributed by atoms with Crippen LogP contribution in [-0.2, 0) is 6.42 Å². The zero-order valence-corrected chi connectivity index (χ0v) is 34.4. The van der Waals surface area contributed by atoms with E-state index in [0.29, 0.717) is 0 Å². The number of halogens is 1. The lowest BCUT2D eigenvalue weighted by Crippen LogP contribution is -1.94. The lowest BCUT2D eigenvalue weighted by molar-refractivity contribution is 1.01. The second-order valence-electron chi connectivity index (χ2n) is 14.3. The standard InChI is InChI=1S/C31H21NS2.C13H11Br.C7H8/c1-18-10-12-20-24-16-25-22-7-3-5-9-29(22)34-31(25)17-27(24)32(26(20)14-18)19-11-13-23-21-6-2-4-8-28(21)33-30(23)15-19;1-10-6-2-3-7-11(10)12-8-4-5-9-13(12)14;1-7-5-3-2-4-6-7/h3-5,7-17H,2,6H2,1H3;2-9H,1H3;2-6H,1H3. The Balaban J connectivity index is 0.000000155. The summed E-state index contributed by atoms with van der Waals surface area (Å²) < 4.78 is 7.73. The fraction of sp³-hybridized carbons (Fsp3) is 0.0980. The number of aryl methyl sites for hydroxylation is 4. The number of aromatic nitrogens is 1. The highest BCUT2D eigenvalue weighted by Crippen LogP contribution is 2.42. The van der Waals surface area contributed by atoms with Gasteiger partial charge in [-0.05, 0) is 115 Å². The Kier molecular flexibility index (Phi) is 9.74. The van der Waals surface area contributed by atoms with Gasteiger partial charge in [-0.2, -0.15) is 0 Å². The van der Waals surface area contributed by atoms with Gasteiger partial charge in [0.25, 0.3) is 0 Å². The van der Waals surface area contributed by atoms with Crippen LogP contribution >= 0.6 is 38.6 Å². The first-order valence-electron chi connectivity index (χ1n) is 18.8. The fourth-order valence-electron chi connectivity index (χ4n) is 7.82. The fourth-order valence-corrected chi connectivity index (χ4v) is 10.7. The molecule has 0 radical (unpaired) electrons. The second-order valence-corrected chi connectivity index (χ2v) is 17.4. The minimum absolute atomic E-state index is 1.15. The number of rotatable bonds is 2. The molecule has 1 aliphatic rings. The van der Waals surface area contributed by atoms with Crippen LogP contribution in [0.2, 0.25) is 0 Å². The zero-order valence-electron chi connectivity index (χ0n) is 31.1. The normalized spacial score (nSPS) is 12.1. The highest BCUT2D eigenvalue weighted by Gasteiger charge is 2.18. The molecule has 0 aliphatic heterocycles. The summed E-state index contributed by atoms with van der Waals surface area (Å²) in [5, 5.41) is 6.81. The summed E-state index contributed by atoms with van der Waals surface area (Å²) in [7, 11) is 0. The van der Waals surface area contributed by atoms with Crippen LogP contribution in [0.15, 0.2) is 162 Å². The molecule has 11 rings (SSSR count). The van der Waals surface area contributed by atoms with Crippen molar-refractivity contribution in [2.45, 2.75) is 33.6 Å². The predicted molar refractivity (Wildman–Crippen MR) is 247 cm³/mol. The number of benzene rings is 7. The maximum Gasteiger partial charge on any atom is 0.0555 e. The van der Waals surface area contributed by atoms with Crippen LogP contribution in [0.25, 0.3) is 75.0 Å². The van der Waals surface area contributed by atoms with Gasteiger partial charge in [0.1, 0.15) is 0 Å². The van der Waals surface area contributed by atoms with E-state index in [2.05, 4.69) is 181 Å². The first-order valence-corrected chi connectivity index (χ1v) is 21.3. The number of nitrogens with zero attached hydrogens (tertiary/aromatic N) is 1. The minimum Gasteiger partial charge on any atom is -0.309 e. The van der Waals surface area contributed by atoms with Crippen molar-refractivity contribution in [2.75, 3.05) is 0 Å². The Morgan fingerprint density at radius 3 is 2.02 bits per heavy atom. The van der Waals surface area contributed by atoms with Crippen molar-refractivity contribution in [3.8, 4) is 16.8 Å². The highest BCUT2D eigenvalue weighted by atomic mass is 79.9. The molecule has 0 amide bonds. The first-order chi connectivity index (χ1) is 26.9. The van der Waals surface area contributed by atoms with Gasteiger partial charge >= 0.3 is 0 Å². The van der Waals surface area contributed by atoms with E-state index in [-0.39, 0.29) is 0 Å².